The van der Waals surface area contributed by atoms with Crippen molar-refractivity contribution < 1.29 is 19.1 Å². The molecule has 2 amide bonds. The van der Waals surface area contributed by atoms with Gasteiger partial charge in [0.2, 0.25) is 11.8 Å². The van der Waals surface area contributed by atoms with E-state index in [9.17, 15) is 14.4 Å². The molecule has 0 aromatic carbocycles. The normalized spacial score (nSPS) is 14.7. The Morgan fingerprint density at radius 3 is 1.94 bits per heavy atom. The Morgan fingerprint density at radius 2 is 1.56 bits per heavy atom. The minimum absolute atomic E-state index is 0.0506. The number of likely N-dealkylation sites (N-methyl/N-ethyl adjacent to an activating group) is 1. The lowest BCUT2D eigenvalue weighted by Crippen LogP contribution is -2.58. The molecule has 0 heterocycles. The number of nitrogens with one attached hydrogen (secondary N) is 1. The average molecular weight is 453 g/mol. The number of carbonyl (C=O) groups is 3. The molecule has 186 valence electrons. The summed E-state index contributed by atoms with van der Waals surface area (Å²) in [7, 11) is 1.74. The highest BCUT2D eigenvalue weighted by Crippen LogP contribution is 2.34. The maximum atomic E-state index is 13.7. The second-order valence-corrected chi connectivity index (χ2v) is 10.3. The van der Waals surface area contributed by atoms with Crippen molar-refractivity contribution in [1.82, 2.24) is 10.2 Å². The largest absolute Gasteiger partial charge is 0.463 e. The zero-order valence-electron chi connectivity index (χ0n) is 22.4. The second-order valence-electron chi connectivity index (χ2n) is 10.3. The van der Waals surface area contributed by atoms with Crippen molar-refractivity contribution in [2.75, 3.05) is 13.7 Å². The fourth-order valence-corrected chi connectivity index (χ4v) is 4.12. The fraction of sp³-hybridized carbons (Fsp3) is 0.808. The third-order valence-electron chi connectivity index (χ3n) is 6.45. The highest BCUT2D eigenvalue weighted by molar-refractivity contribution is 5.91. The van der Waals surface area contributed by atoms with Crippen LogP contribution in [-0.4, -0.2) is 48.4 Å². The first-order chi connectivity index (χ1) is 14.7. The van der Waals surface area contributed by atoms with Crippen LogP contribution in [0.3, 0.4) is 0 Å². The van der Waals surface area contributed by atoms with Crippen LogP contribution in [0.15, 0.2) is 11.6 Å². The molecule has 6 nitrogen and oxygen atoms in total. The highest BCUT2D eigenvalue weighted by atomic mass is 16.5. The van der Waals surface area contributed by atoms with Crippen LogP contribution in [-0.2, 0) is 19.1 Å². The number of hydrogen-bond acceptors (Lipinski definition) is 4. The Morgan fingerprint density at radius 1 is 1.03 bits per heavy atom. The molecule has 0 rings (SSSR count). The van der Waals surface area contributed by atoms with Crippen molar-refractivity contribution in [2.45, 2.75) is 107 Å². The zero-order chi connectivity index (χ0) is 25.3. The molecule has 0 fully saturated rings. The summed E-state index contributed by atoms with van der Waals surface area (Å²) in [6.45, 7) is 19.8. The molecule has 0 saturated carbocycles. The van der Waals surface area contributed by atoms with Crippen LogP contribution in [0.2, 0.25) is 0 Å². The number of hydrogen-bond donors (Lipinski definition) is 1. The summed E-state index contributed by atoms with van der Waals surface area (Å²) in [5, 5.41) is 3.11. The molecule has 0 aliphatic heterocycles. The molecule has 0 bridgehead atoms. The van der Waals surface area contributed by atoms with Gasteiger partial charge >= 0.3 is 5.97 Å². The Labute approximate surface area is 196 Å². The van der Waals surface area contributed by atoms with Crippen molar-refractivity contribution in [3.05, 3.63) is 11.6 Å². The summed E-state index contributed by atoms with van der Waals surface area (Å²) in [4.78, 5) is 40.8. The summed E-state index contributed by atoms with van der Waals surface area (Å²) >= 11 is 0. The Hall–Kier alpha value is -1.85. The van der Waals surface area contributed by atoms with Gasteiger partial charge in [-0.05, 0) is 44.4 Å². The Balaban J connectivity index is 6.01. The van der Waals surface area contributed by atoms with E-state index in [0.717, 1.165) is 25.7 Å². The van der Waals surface area contributed by atoms with E-state index in [-0.39, 0.29) is 29.7 Å². The van der Waals surface area contributed by atoms with Crippen LogP contribution in [0, 0.1) is 16.7 Å². The number of esters is 1. The quantitative estimate of drug-likeness (QED) is 0.329. The van der Waals surface area contributed by atoms with Gasteiger partial charge in [0.05, 0.1) is 12.6 Å². The van der Waals surface area contributed by atoms with Crippen LogP contribution in [0.25, 0.3) is 0 Å². The molecule has 0 spiro atoms. The lowest BCUT2D eigenvalue weighted by atomic mass is 9.76. The third-order valence-corrected chi connectivity index (χ3v) is 6.45. The predicted molar refractivity (Wildman–Crippen MR) is 131 cm³/mol. The van der Waals surface area contributed by atoms with E-state index in [1.165, 1.54) is 0 Å². The van der Waals surface area contributed by atoms with Gasteiger partial charge in [-0.3, -0.25) is 9.59 Å². The molecule has 0 aromatic heterocycles. The molecule has 2 atom stereocenters. The molecular formula is C26H48N2O4. The van der Waals surface area contributed by atoms with E-state index < -0.39 is 16.9 Å². The summed E-state index contributed by atoms with van der Waals surface area (Å²) in [6, 6.07) is -0.974. The van der Waals surface area contributed by atoms with Crippen molar-refractivity contribution >= 4 is 17.8 Å². The first kappa shape index (κ1) is 30.1. The standard InChI is InChI=1S/C26H48N2O4/c1-12-16-26(13-2,14-3)24(31)27-21(25(8,9)10)22(29)28(11)20(18(5)6)17-19(7)23(30)32-15-4/h17-18,20-21H,12-16H2,1-11H3,(H,27,31)/b19-17+/t20-,21-/m1/s1. The summed E-state index contributed by atoms with van der Waals surface area (Å²) in [5.41, 5.74) is -0.461. The molecule has 0 aromatic rings. The summed E-state index contributed by atoms with van der Waals surface area (Å²) in [5.74, 6) is -0.509. The van der Waals surface area contributed by atoms with Crippen molar-refractivity contribution in [3.8, 4) is 0 Å². The smallest absolute Gasteiger partial charge is 0.333 e. The van der Waals surface area contributed by atoms with E-state index in [1.54, 1.807) is 31.9 Å². The summed E-state index contributed by atoms with van der Waals surface area (Å²) < 4.78 is 5.10. The molecular weight excluding hydrogens is 404 g/mol. The van der Waals surface area contributed by atoms with Crippen LogP contribution >= 0.6 is 0 Å². The minimum atomic E-state index is -0.674. The lowest BCUT2D eigenvalue weighted by Gasteiger charge is -2.40. The number of nitrogens with zero attached hydrogens (tertiary/aromatic N) is 1. The number of amides is 2. The minimum Gasteiger partial charge on any atom is -0.463 e. The number of rotatable bonds is 12. The first-order valence-corrected chi connectivity index (χ1v) is 12.1. The maximum Gasteiger partial charge on any atom is 0.333 e. The zero-order valence-corrected chi connectivity index (χ0v) is 22.4. The first-order valence-electron chi connectivity index (χ1n) is 12.1. The van der Waals surface area contributed by atoms with E-state index >= 15 is 0 Å². The molecule has 0 aliphatic rings. The van der Waals surface area contributed by atoms with Gasteiger partial charge in [-0.15, -0.1) is 0 Å². The van der Waals surface area contributed by atoms with E-state index in [0.29, 0.717) is 12.2 Å². The van der Waals surface area contributed by atoms with Crippen molar-refractivity contribution in [3.63, 3.8) is 0 Å². The highest BCUT2D eigenvalue weighted by Gasteiger charge is 2.41. The van der Waals surface area contributed by atoms with Gasteiger partial charge in [-0.1, -0.05) is 67.9 Å². The molecule has 0 radical (unpaired) electrons. The number of ether oxygens (including phenoxy) is 1. The average Bonchev–Trinajstić information content (AvgIpc) is 2.71. The molecule has 0 aliphatic carbocycles. The number of carbonyl (C=O) groups excluding carboxylic acids is 3. The Kier molecular flexibility index (Phi) is 12.3. The Bertz CT molecular complexity index is 657. The van der Waals surface area contributed by atoms with Gasteiger partial charge in [-0.2, -0.15) is 0 Å². The monoisotopic (exact) mass is 452 g/mol. The lowest BCUT2D eigenvalue weighted by molar-refractivity contribution is -0.143. The fourth-order valence-electron chi connectivity index (χ4n) is 4.12. The van der Waals surface area contributed by atoms with Gasteiger partial charge in [-0.25, -0.2) is 4.79 Å². The predicted octanol–water partition coefficient (Wildman–Crippen LogP) is 5.12. The second kappa shape index (κ2) is 13.0. The molecule has 32 heavy (non-hydrogen) atoms. The molecule has 0 unspecified atom stereocenters. The molecule has 0 saturated heterocycles. The van der Waals surface area contributed by atoms with Crippen LogP contribution in [0.5, 0.6) is 0 Å². The third kappa shape index (κ3) is 7.93. The van der Waals surface area contributed by atoms with Gasteiger partial charge in [0, 0.05) is 18.0 Å². The van der Waals surface area contributed by atoms with Crippen LogP contribution in [0.4, 0.5) is 0 Å². The molecule has 1 N–H and O–H groups in total. The van der Waals surface area contributed by atoms with Gasteiger partial charge in [0.25, 0.3) is 0 Å². The van der Waals surface area contributed by atoms with Crippen molar-refractivity contribution in [1.29, 1.82) is 0 Å². The van der Waals surface area contributed by atoms with Gasteiger partial charge in [0.15, 0.2) is 0 Å². The van der Waals surface area contributed by atoms with Crippen LogP contribution in [0.1, 0.15) is 94.9 Å². The van der Waals surface area contributed by atoms with E-state index in [1.807, 2.05) is 48.5 Å². The van der Waals surface area contributed by atoms with Crippen molar-refractivity contribution in [2.24, 2.45) is 16.7 Å². The topological polar surface area (TPSA) is 75.7 Å². The molecule has 6 heteroatoms. The summed E-state index contributed by atoms with van der Waals surface area (Å²) in [6.07, 6.45) is 4.97. The van der Waals surface area contributed by atoms with Gasteiger partial charge < -0.3 is 15.0 Å². The maximum absolute atomic E-state index is 13.7. The van der Waals surface area contributed by atoms with E-state index in [2.05, 4.69) is 12.2 Å². The van der Waals surface area contributed by atoms with Crippen LogP contribution < -0.4 is 5.32 Å². The van der Waals surface area contributed by atoms with Gasteiger partial charge in [0.1, 0.15) is 6.04 Å². The van der Waals surface area contributed by atoms with E-state index in [4.69, 9.17) is 4.74 Å². The SMILES string of the molecule is CCCC(CC)(CC)C(=O)N[C@H](C(=O)N(C)[C@H](/C=C(\C)C(=O)OCC)C(C)C)C(C)(C)C.